The molecular weight excluding hydrogens is 190 g/mol. The van der Waals surface area contributed by atoms with E-state index in [2.05, 4.69) is 21.2 Å². The minimum Gasteiger partial charge on any atom is -0.369 e. The average molecular weight is 207 g/mol. The first-order valence-electron chi connectivity index (χ1n) is 5.77. The molecule has 0 radical (unpaired) electrons. The zero-order chi connectivity index (χ0) is 10.1. The molecular formula is C11H17N3O. The van der Waals surface area contributed by atoms with Gasteiger partial charge in [-0.15, -0.1) is 0 Å². The van der Waals surface area contributed by atoms with Crippen LogP contribution >= 0.6 is 0 Å². The maximum atomic E-state index is 5.74. The number of rotatable bonds is 3. The topological polar surface area (TPSA) is 39.1 Å². The highest BCUT2D eigenvalue weighted by Crippen LogP contribution is 2.31. The van der Waals surface area contributed by atoms with Crippen molar-refractivity contribution in [2.75, 3.05) is 19.7 Å². The molecule has 0 amide bonds. The van der Waals surface area contributed by atoms with Crippen molar-refractivity contribution in [3.63, 3.8) is 0 Å². The lowest BCUT2D eigenvalue weighted by Crippen LogP contribution is -2.34. The van der Waals surface area contributed by atoms with Crippen LogP contribution in [0, 0.1) is 5.92 Å². The minimum atomic E-state index is 0.194. The van der Waals surface area contributed by atoms with Gasteiger partial charge in [0, 0.05) is 25.8 Å². The van der Waals surface area contributed by atoms with Crippen molar-refractivity contribution < 1.29 is 4.74 Å². The predicted molar refractivity (Wildman–Crippen MR) is 56.5 cm³/mol. The zero-order valence-electron chi connectivity index (χ0n) is 8.85. The summed E-state index contributed by atoms with van der Waals surface area (Å²) in [5, 5.41) is 7.73. The normalized spacial score (nSPS) is 26.8. The van der Waals surface area contributed by atoms with E-state index in [1.54, 1.807) is 0 Å². The summed E-state index contributed by atoms with van der Waals surface area (Å²) >= 11 is 0. The van der Waals surface area contributed by atoms with Crippen LogP contribution in [0.15, 0.2) is 12.3 Å². The Morgan fingerprint density at radius 2 is 2.47 bits per heavy atom. The van der Waals surface area contributed by atoms with Crippen molar-refractivity contribution >= 4 is 0 Å². The Balaban J connectivity index is 1.73. The standard InChI is InChI=1S/C11H17N3O/c1-2-9(1)8-14-10(3-4-13-14)11-7-12-5-6-15-11/h3-4,9,11-12H,1-2,5-8H2. The molecule has 2 heterocycles. The molecule has 0 bridgehead atoms. The van der Waals surface area contributed by atoms with E-state index in [0.717, 1.165) is 32.2 Å². The van der Waals surface area contributed by atoms with Gasteiger partial charge in [0.1, 0.15) is 6.10 Å². The first-order chi connectivity index (χ1) is 7.43. The summed E-state index contributed by atoms with van der Waals surface area (Å²) in [7, 11) is 0. The van der Waals surface area contributed by atoms with Gasteiger partial charge in [-0.05, 0) is 24.8 Å². The van der Waals surface area contributed by atoms with Crippen molar-refractivity contribution in [3.05, 3.63) is 18.0 Å². The minimum absolute atomic E-state index is 0.194. The van der Waals surface area contributed by atoms with E-state index >= 15 is 0 Å². The number of ether oxygens (including phenoxy) is 1. The van der Waals surface area contributed by atoms with Gasteiger partial charge in [-0.25, -0.2) is 0 Å². The number of nitrogens with one attached hydrogen (secondary N) is 1. The molecule has 4 heteroatoms. The van der Waals surface area contributed by atoms with Crippen LogP contribution in [0.5, 0.6) is 0 Å². The average Bonchev–Trinajstić information content (AvgIpc) is 2.96. The quantitative estimate of drug-likeness (QED) is 0.802. The summed E-state index contributed by atoms with van der Waals surface area (Å²) in [4.78, 5) is 0. The second-order valence-corrected chi connectivity index (χ2v) is 4.45. The molecule has 2 fully saturated rings. The Kier molecular flexibility index (Phi) is 2.46. The molecule has 1 saturated heterocycles. The molecule has 4 nitrogen and oxygen atoms in total. The number of hydrogen-bond donors (Lipinski definition) is 1. The van der Waals surface area contributed by atoms with E-state index in [4.69, 9.17) is 4.74 Å². The first-order valence-corrected chi connectivity index (χ1v) is 5.77. The van der Waals surface area contributed by atoms with Gasteiger partial charge < -0.3 is 10.1 Å². The third kappa shape index (κ3) is 2.06. The second-order valence-electron chi connectivity index (χ2n) is 4.45. The van der Waals surface area contributed by atoms with Gasteiger partial charge in [0.25, 0.3) is 0 Å². The summed E-state index contributed by atoms with van der Waals surface area (Å²) < 4.78 is 7.86. The van der Waals surface area contributed by atoms with Gasteiger partial charge in [-0.2, -0.15) is 5.10 Å². The molecule has 1 N–H and O–H groups in total. The predicted octanol–water partition coefficient (Wildman–Crippen LogP) is 0.954. The highest BCUT2D eigenvalue weighted by molar-refractivity contribution is 5.06. The Morgan fingerprint density at radius 1 is 1.53 bits per heavy atom. The summed E-state index contributed by atoms with van der Waals surface area (Å²) in [6, 6.07) is 2.08. The lowest BCUT2D eigenvalue weighted by Gasteiger charge is -2.24. The zero-order valence-corrected chi connectivity index (χ0v) is 8.85. The lowest BCUT2D eigenvalue weighted by molar-refractivity contribution is 0.0219. The molecule has 15 heavy (non-hydrogen) atoms. The smallest absolute Gasteiger partial charge is 0.112 e. The maximum Gasteiger partial charge on any atom is 0.112 e. The van der Waals surface area contributed by atoms with Crippen LogP contribution in [-0.2, 0) is 11.3 Å². The van der Waals surface area contributed by atoms with Crippen molar-refractivity contribution in [2.24, 2.45) is 5.92 Å². The molecule has 1 aliphatic heterocycles. The Morgan fingerprint density at radius 3 is 3.20 bits per heavy atom. The van der Waals surface area contributed by atoms with Crippen LogP contribution in [-0.4, -0.2) is 29.5 Å². The molecule has 82 valence electrons. The molecule has 1 aliphatic carbocycles. The number of hydrogen-bond acceptors (Lipinski definition) is 3. The molecule has 1 atom stereocenters. The Hall–Kier alpha value is -0.870. The van der Waals surface area contributed by atoms with Crippen LogP contribution in [0.2, 0.25) is 0 Å². The molecule has 1 aromatic heterocycles. The summed E-state index contributed by atoms with van der Waals surface area (Å²) in [6.45, 7) is 3.76. The van der Waals surface area contributed by atoms with E-state index in [1.165, 1.54) is 18.5 Å². The third-order valence-electron chi connectivity index (χ3n) is 3.13. The molecule has 1 saturated carbocycles. The highest BCUT2D eigenvalue weighted by Gasteiger charge is 2.25. The van der Waals surface area contributed by atoms with Gasteiger partial charge >= 0.3 is 0 Å². The van der Waals surface area contributed by atoms with Gasteiger partial charge in [0.2, 0.25) is 0 Å². The van der Waals surface area contributed by atoms with Crippen LogP contribution in [0.1, 0.15) is 24.6 Å². The van der Waals surface area contributed by atoms with Gasteiger partial charge in [-0.3, -0.25) is 4.68 Å². The van der Waals surface area contributed by atoms with Crippen LogP contribution in [0.3, 0.4) is 0 Å². The summed E-state index contributed by atoms with van der Waals surface area (Å²) in [5.41, 5.74) is 1.23. The number of nitrogens with zero attached hydrogens (tertiary/aromatic N) is 2. The van der Waals surface area contributed by atoms with E-state index in [9.17, 15) is 0 Å². The molecule has 0 aromatic carbocycles. The molecule has 1 unspecified atom stereocenters. The number of aromatic nitrogens is 2. The molecule has 3 rings (SSSR count). The van der Waals surface area contributed by atoms with Crippen LogP contribution < -0.4 is 5.32 Å². The van der Waals surface area contributed by atoms with Gasteiger partial charge in [-0.1, -0.05) is 0 Å². The van der Waals surface area contributed by atoms with Gasteiger partial charge in [0.15, 0.2) is 0 Å². The first kappa shape index (κ1) is 9.36. The van der Waals surface area contributed by atoms with Crippen LogP contribution in [0.4, 0.5) is 0 Å². The van der Waals surface area contributed by atoms with Crippen molar-refractivity contribution in [1.82, 2.24) is 15.1 Å². The SMILES string of the molecule is c1cc(C2CNCCO2)n(CC2CC2)n1. The highest BCUT2D eigenvalue weighted by atomic mass is 16.5. The van der Waals surface area contributed by atoms with Gasteiger partial charge in [0.05, 0.1) is 12.3 Å². The summed E-state index contributed by atoms with van der Waals surface area (Å²) in [6.07, 6.45) is 4.81. The Labute approximate surface area is 89.6 Å². The monoisotopic (exact) mass is 207 g/mol. The maximum absolute atomic E-state index is 5.74. The van der Waals surface area contributed by atoms with E-state index in [-0.39, 0.29) is 6.10 Å². The van der Waals surface area contributed by atoms with Crippen molar-refractivity contribution in [1.29, 1.82) is 0 Å². The fraction of sp³-hybridized carbons (Fsp3) is 0.727. The van der Waals surface area contributed by atoms with E-state index < -0.39 is 0 Å². The van der Waals surface area contributed by atoms with Crippen molar-refractivity contribution in [3.8, 4) is 0 Å². The lowest BCUT2D eigenvalue weighted by atomic mass is 10.2. The molecule has 0 spiro atoms. The fourth-order valence-corrected chi connectivity index (χ4v) is 2.07. The van der Waals surface area contributed by atoms with E-state index in [1.807, 2.05) is 6.20 Å². The third-order valence-corrected chi connectivity index (χ3v) is 3.13. The second kappa shape index (κ2) is 3.94. The molecule has 2 aliphatic rings. The van der Waals surface area contributed by atoms with Crippen molar-refractivity contribution in [2.45, 2.75) is 25.5 Å². The fourth-order valence-electron chi connectivity index (χ4n) is 2.07. The van der Waals surface area contributed by atoms with E-state index in [0.29, 0.717) is 0 Å². The summed E-state index contributed by atoms with van der Waals surface area (Å²) in [5.74, 6) is 0.861. The number of morpholine rings is 1. The molecule has 1 aromatic rings. The van der Waals surface area contributed by atoms with Crippen LogP contribution in [0.25, 0.3) is 0 Å². The largest absolute Gasteiger partial charge is 0.369 e. The Bertz CT molecular complexity index is 326.